The number of nitrogens with zero attached hydrogens (tertiary/aromatic N) is 1. The van der Waals surface area contributed by atoms with E-state index in [-0.39, 0.29) is 29.2 Å². The smallest absolute Gasteiger partial charge is 0.328 e. The van der Waals surface area contributed by atoms with Gasteiger partial charge in [0.2, 0.25) is 0 Å². The number of ether oxygens (including phenoxy) is 2. The van der Waals surface area contributed by atoms with Gasteiger partial charge in [0.1, 0.15) is 12.1 Å². The Bertz CT molecular complexity index is 1260. The highest BCUT2D eigenvalue weighted by molar-refractivity contribution is 5.97. The molecule has 4 rings (SSSR count). The van der Waals surface area contributed by atoms with Gasteiger partial charge in [0.25, 0.3) is 5.91 Å². The van der Waals surface area contributed by atoms with Crippen molar-refractivity contribution in [3.63, 3.8) is 0 Å². The average molecular weight is 545 g/mol. The number of hydrogen-bond acceptors (Lipinski definition) is 6. The molecule has 1 aliphatic rings. The van der Waals surface area contributed by atoms with Crippen LogP contribution in [0.1, 0.15) is 66.7 Å². The average Bonchev–Trinajstić information content (AvgIpc) is 3.00. The number of pyridine rings is 1. The molecule has 1 unspecified atom stereocenters. The molecule has 1 aliphatic heterocycles. The zero-order chi connectivity index (χ0) is 28.5. The zero-order valence-electron chi connectivity index (χ0n) is 23.6. The van der Waals surface area contributed by atoms with E-state index >= 15 is 0 Å². The van der Waals surface area contributed by atoms with Crippen LogP contribution in [0.15, 0.2) is 66.9 Å². The number of nitrogens with one attached hydrogen (secondary N) is 1. The molecule has 212 valence electrons. The van der Waals surface area contributed by atoms with E-state index in [4.69, 9.17) is 9.47 Å². The van der Waals surface area contributed by atoms with Crippen LogP contribution in [0.5, 0.6) is 11.5 Å². The van der Waals surface area contributed by atoms with Crippen molar-refractivity contribution in [1.82, 2.24) is 10.3 Å². The minimum absolute atomic E-state index is 0.111. The van der Waals surface area contributed by atoms with Crippen LogP contribution < -0.4 is 10.1 Å². The summed E-state index contributed by atoms with van der Waals surface area (Å²) in [5.41, 5.74) is 3.63. The number of hydrogen-bond donors (Lipinski definition) is 2. The molecule has 0 aliphatic carbocycles. The van der Waals surface area contributed by atoms with Gasteiger partial charge < -0.3 is 19.9 Å². The Morgan fingerprint density at radius 1 is 1.02 bits per heavy atom. The molecule has 0 bridgehead atoms. The lowest BCUT2D eigenvalue weighted by Gasteiger charge is -2.31. The lowest BCUT2D eigenvalue weighted by atomic mass is 9.77. The van der Waals surface area contributed by atoms with Gasteiger partial charge in [-0.3, -0.25) is 4.79 Å². The van der Waals surface area contributed by atoms with Gasteiger partial charge in [-0.2, -0.15) is 0 Å². The first-order valence-electron chi connectivity index (χ1n) is 14.2. The van der Waals surface area contributed by atoms with Gasteiger partial charge in [-0.05, 0) is 61.6 Å². The molecule has 1 saturated heterocycles. The van der Waals surface area contributed by atoms with E-state index in [1.807, 2.05) is 13.0 Å². The second-order valence-electron chi connectivity index (χ2n) is 10.7. The Kier molecular flexibility index (Phi) is 10.2. The first-order chi connectivity index (χ1) is 19.4. The number of methoxy groups -OCH3 is 1. The van der Waals surface area contributed by atoms with E-state index in [0.717, 1.165) is 38.5 Å². The summed E-state index contributed by atoms with van der Waals surface area (Å²) < 4.78 is 11.1. The van der Waals surface area contributed by atoms with Crippen molar-refractivity contribution in [3.05, 3.63) is 89.2 Å². The zero-order valence-corrected chi connectivity index (χ0v) is 23.6. The Hall–Kier alpha value is -3.87. The van der Waals surface area contributed by atoms with Gasteiger partial charge >= 0.3 is 5.97 Å². The molecular formula is C33H40N2O5. The maximum atomic E-state index is 13.3. The fraction of sp³-hybridized carbons (Fsp3) is 0.424. The van der Waals surface area contributed by atoms with Gasteiger partial charge in [-0.15, -0.1) is 0 Å². The SMILES string of the molecule is CCCc1ccc(C[C@@H]2[C@@H](Cc3ccccc3)CCCC(NC(=O)c3nccc(OC)c3O)C(=O)O[C@H]2C)cc1. The Morgan fingerprint density at radius 3 is 2.42 bits per heavy atom. The molecule has 1 fully saturated rings. The van der Waals surface area contributed by atoms with Crippen molar-refractivity contribution in [2.45, 2.75) is 70.9 Å². The summed E-state index contributed by atoms with van der Waals surface area (Å²) in [4.78, 5) is 30.3. The first-order valence-corrected chi connectivity index (χ1v) is 14.2. The molecule has 1 aromatic heterocycles. The van der Waals surface area contributed by atoms with Crippen LogP contribution in [-0.4, -0.2) is 41.2 Å². The third-order valence-electron chi connectivity index (χ3n) is 7.86. The summed E-state index contributed by atoms with van der Waals surface area (Å²) in [7, 11) is 1.40. The summed E-state index contributed by atoms with van der Waals surface area (Å²) in [6, 6.07) is 19.9. The second kappa shape index (κ2) is 14.0. The van der Waals surface area contributed by atoms with Crippen LogP contribution >= 0.6 is 0 Å². The van der Waals surface area contributed by atoms with E-state index in [2.05, 4.69) is 65.8 Å². The number of carbonyl (C=O) groups excluding carboxylic acids is 2. The van der Waals surface area contributed by atoms with Gasteiger partial charge in [-0.25, -0.2) is 9.78 Å². The van der Waals surface area contributed by atoms with E-state index < -0.39 is 17.9 Å². The van der Waals surface area contributed by atoms with Gasteiger partial charge in [0.15, 0.2) is 17.2 Å². The molecule has 1 amide bonds. The molecule has 7 nitrogen and oxygen atoms in total. The number of benzene rings is 2. The monoisotopic (exact) mass is 544 g/mol. The number of aromatic hydroxyl groups is 1. The summed E-state index contributed by atoms with van der Waals surface area (Å²) in [6.45, 7) is 4.15. The van der Waals surface area contributed by atoms with Crippen LogP contribution in [0, 0.1) is 11.8 Å². The molecule has 2 N–H and O–H groups in total. The second-order valence-corrected chi connectivity index (χ2v) is 10.7. The molecule has 40 heavy (non-hydrogen) atoms. The van der Waals surface area contributed by atoms with E-state index in [9.17, 15) is 14.7 Å². The van der Waals surface area contributed by atoms with Gasteiger partial charge in [0, 0.05) is 18.2 Å². The summed E-state index contributed by atoms with van der Waals surface area (Å²) in [6.07, 6.45) is 6.96. The molecular weight excluding hydrogens is 504 g/mol. The minimum Gasteiger partial charge on any atom is -0.503 e. The minimum atomic E-state index is -0.841. The van der Waals surface area contributed by atoms with Crippen LogP contribution in [0.4, 0.5) is 0 Å². The molecule has 4 atom stereocenters. The van der Waals surface area contributed by atoms with E-state index in [1.165, 1.54) is 36.1 Å². The van der Waals surface area contributed by atoms with Crippen LogP contribution in [-0.2, 0) is 28.8 Å². The summed E-state index contributed by atoms with van der Waals surface area (Å²) in [5.74, 6) is -0.930. The van der Waals surface area contributed by atoms with Gasteiger partial charge in [-0.1, -0.05) is 74.4 Å². The molecule has 2 heterocycles. The fourth-order valence-electron chi connectivity index (χ4n) is 5.68. The standard InChI is InChI=1S/C33H40N2O5/c1-4-9-23-14-16-25(17-15-23)21-27-22(2)40-33(38)28(13-8-12-26(27)20-24-10-6-5-7-11-24)35-32(37)30-31(36)29(39-3)18-19-34-30/h5-7,10-11,14-19,22,26-28,36H,4,8-9,12-13,20-21H2,1-3H3,(H,35,37)/t22-,26+,27-,28?/m0/s1. The Balaban J connectivity index is 1.55. The van der Waals surface area contributed by atoms with Crippen LogP contribution in [0.2, 0.25) is 0 Å². The first kappa shape index (κ1) is 29.1. The quantitative estimate of drug-likeness (QED) is 0.337. The highest BCUT2D eigenvalue weighted by Crippen LogP contribution is 2.33. The van der Waals surface area contributed by atoms with Crippen molar-refractivity contribution in [2.75, 3.05) is 7.11 Å². The summed E-state index contributed by atoms with van der Waals surface area (Å²) in [5, 5.41) is 13.1. The van der Waals surface area contributed by atoms with Crippen molar-refractivity contribution >= 4 is 11.9 Å². The van der Waals surface area contributed by atoms with Crippen molar-refractivity contribution < 1.29 is 24.2 Å². The largest absolute Gasteiger partial charge is 0.503 e. The van der Waals surface area contributed by atoms with Gasteiger partial charge in [0.05, 0.1) is 7.11 Å². The highest BCUT2D eigenvalue weighted by Gasteiger charge is 2.35. The number of aromatic nitrogens is 1. The predicted octanol–water partition coefficient (Wildman–Crippen LogP) is 5.68. The van der Waals surface area contributed by atoms with E-state index in [1.54, 1.807) is 0 Å². The third kappa shape index (κ3) is 7.40. The maximum Gasteiger partial charge on any atom is 0.328 e. The summed E-state index contributed by atoms with van der Waals surface area (Å²) >= 11 is 0. The van der Waals surface area contributed by atoms with Crippen molar-refractivity contribution in [2.24, 2.45) is 11.8 Å². The fourth-order valence-corrected chi connectivity index (χ4v) is 5.68. The predicted molar refractivity (Wildman–Crippen MR) is 154 cm³/mol. The number of esters is 1. The number of carbonyl (C=O) groups is 2. The topological polar surface area (TPSA) is 97.8 Å². The van der Waals surface area contributed by atoms with Crippen LogP contribution in [0.25, 0.3) is 0 Å². The highest BCUT2D eigenvalue weighted by atomic mass is 16.5. The van der Waals surface area contributed by atoms with E-state index in [0.29, 0.717) is 12.3 Å². The molecule has 7 heteroatoms. The van der Waals surface area contributed by atoms with Crippen LogP contribution in [0.3, 0.4) is 0 Å². The van der Waals surface area contributed by atoms with Crippen molar-refractivity contribution in [1.29, 1.82) is 0 Å². The maximum absolute atomic E-state index is 13.3. The molecule has 2 aromatic carbocycles. The third-order valence-corrected chi connectivity index (χ3v) is 7.86. The lowest BCUT2D eigenvalue weighted by molar-refractivity contribution is -0.153. The number of cyclic esters (lactones) is 1. The molecule has 0 radical (unpaired) electrons. The number of rotatable bonds is 9. The Labute approximate surface area is 236 Å². The molecule has 3 aromatic rings. The normalized spacial score (nSPS) is 21.4. The lowest BCUT2D eigenvalue weighted by Crippen LogP contribution is -2.43. The Morgan fingerprint density at radius 2 is 1.73 bits per heavy atom. The van der Waals surface area contributed by atoms with Crippen molar-refractivity contribution in [3.8, 4) is 11.5 Å². The number of aryl methyl sites for hydroxylation is 1. The molecule has 0 saturated carbocycles. The number of amides is 1. The molecule has 0 spiro atoms.